The van der Waals surface area contributed by atoms with Crippen LogP contribution < -0.4 is 15.5 Å². The smallest absolute Gasteiger partial charge is 0.257 e. The maximum Gasteiger partial charge on any atom is 0.257 e. The molecule has 1 aromatic heterocycles. The fourth-order valence-corrected chi connectivity index (χ4v) is 3.20. The minimum atomic E-state index is -0.309. The Hall–Kier alpha value is -3.85. The van der Waals surface area contributed by atoms with Crippen molar-refractivity contribution in [3.8, 4) is 6.07 Å². The topological polar surface area (TPSA) is 81.0 Å². The van der Waals surface area contributed by atoms with Gasteiger partial charge in [-0.1, -0.05) is 12.1 Å². The number of aryl methyl sites for hydroxylation is 1. The third kappa shape index (κ3) is 4.76. The highest BCUT2D eigenvalue weighted by Crippen LogP contribution is 2.25. The van der Waals surface area contributed by atoms with Gasteiger partial charge in [-0.25, -0.2) is 4.98 Å². The first-order valence-corrected chi connectivity index (χ1v) is 9.94. The van der Waals surface area contributed by atoms with Gasteiger partial charge in [0.25, 0.3) is 5.91 Å². The van der Waals surface area contributed by atoms with Crippen molar-refractivity contribution in [1.29, 1.82) is 5.26 Å². The third-order valence-electron chi connectivity index (χ3n) is 4.92. The van der Waals surface area contributed by atoms with Crippen molar-refractivity contribution in [2.45, 2.75) is 20.8 Å². The van der Waals surface area contributed by atoms with Crippen LogP contribution in [0.3, 0.4) is 0 Å². The molecule has 0 aliphatic carbocycles. The van der Waals surface area contributed by atoms with Crippen LogP contribution in [0.15, 0.2) is 60.8 Å². The quantitative estimate of drug-likeness (QED) is 0.577. The van der Waals surface area contributed by atoms with E-state index in [-0.39, 0.29) is 5.91 Å². The normalized spacial score (nSPS) is 10.2. The van der Waals surface area contributed by atoms with Gasteiger partial charge in [-0.2, -0.15) is 5.26 Å². The number of amides is 1. The number of nitriles is 1. The van der Waals surface area contributed by atoms with E-state index in [1.807, 2.05) is 6.07 Å². The molecule has 0 unspecified atom stereocenters. The highest BCUT2D eigenvalue weighted by molar-refractivity contribution is 6.04. The van der Waals surface area contributed by atoms with E-state index in [0.717, 1.165) is 24.3 Å². The molecular formula is C24H25N5O. The van der Waals surface area contributed by atoms with E-state index in [9.17, 15) is 4.79 Å². The zero-order valence-corrected chi connectivity index (χ0v) is 17.4. The van der Waals surface area contributed by atoms with Gasteiger partial charge in [-0.05, 0) is 68.8 Å². The summed E-state index contributed by atoms with van der Waals surface area (Å²) in [5.41, 5.74) is 4.61. The minimum absolute atomic E-state index is 0.309. The number of hydrogen-bond donors (Lipinski definition) is 2. The van der Waals surface area contributed by atoms with Crippen molar-refractivity contribution in [3.05, 3.63) is 77.5 Å². The highest BCUT2D eigenvalue weighted by atomic mass is 16.1. The molecule has 0 saturated carbocycles. The summed E-state index contributed by atoms with van der Waals surface area (Å²) in [5.74, 6) is 0.346. The predicted octanol–water partition coefficient (Wildman–Crippen LogP) is 5.10. The summed E-state index contributed by atoms with van der Waals surface area (Å²) < 4.78 is 0. The lowest BCUT2D eigenvalue weighted by Crippen LogP contribution is -2.21. The molecule has 0 aliphatic rings. The first kappa shape index (κ1) is 20.9. The molecule has 152 valence electrons. The summed E-state index contributed by atoms with van der Waals surface area (Å²) >= 11 is 0. The molecule has 0 atom stereocenters. The number of rotatable bonds is 7. The molecule has 3 rings (SSSR count). The Morgan fingerprint density at radius 1 is 1.07 bits per heavy atom. The van der Waals surface area contributed by atoms with Gasteiger partial charge in [0.05, 0.1) is 16.8 Å². The molecule has 1 heterocycles. The first-order valence-electron chi connectivity index (χ1n) is 9.94. The van der Waals surface area contributed by atoms with Crippen LogP contribution in [-0.4, -0.2) is 24.0 Å². The molecule has 1 amide bonds. The number of nitrogens with one attached hydrogen (secondary N) is 2. The average molecular weight is 399 g/mol. The van der Waals surface area contributed by atoms with Crippen LogP contribution in [0, 0.1) is 18.3 Å². The van der Waals surface area contributed by atoms with Gasteiger partial charge in [0.15, 0.2) is 0 Å². The molecule has 0 spiro atoms. The van der Waals surface area contributed by atoms with E-state index in [1.54, 1.807) is 36.4 Å². The maximum atomic E-state index is 12.5. The number of carbonyl (C=O) groups excluding carboxylic acids is 1. The zero-order valence-electron chi connectivity index (χ0n) is 17.4. The first-order chi connectivity index (χ1) is 14.5. The van der Waals surface area contributed by atoms with E-state index < -0.39 is 0 Å². The molecule has 0 aliphatic heterocycles. The summed E-state index contributed by atoms with van der Waals surface area (Å²) in [4.78, 5) is 19.1. The van der Waals surface area contributed by atoms with Gasteiger partial charge in [0, 0.05) is 30.7 Å². The molecule has 0 saturated heterocycles. The Kier molecular flexibility index (Phi) is 6.66. The SMILES string of the molecule is CCN(CC)c1ccc(Nc2ccc(C(=O)Nc3ccccc3C#N)cn2)c(C)c1. The molecule has 6 heteroatoms. The molecule has 0 bridgehead atoms. The van der Waals surface area contributed by atoms with Gasteiger partial charge >= 0.3 is 0 Å². The van der Waals surface area contributed by atoms with Gasteiger partial charge < -0.3 is 15.5 Å². The molecule has 0 fully saturated rings. The van der Waals surface area contributed by atoms with Gasteiger partial charge in [-0.15, -0.1) is 0 Å². The Morgan fingerprint density at radius 2 is 1.83 bits per heavy atom. The number of carbonyl (C=O) groups is 1. The van der Waals surface area contributed by atoms with Crippen molar-refractivity contribution >= 4 is 28.8 Å². The summed E-state index contributed by atoms with van der Waals surface area (Å²) in [5, 5.41) is 15.2. The molecule has 3 aromatic rings. The van der Waals surface area contributed by atoms with E-state index in [0.29, 0.717) is 22.6 Å². The Morgan fingerprint density at radius 3 is 2.47 bits per heavy atom. The van der Waals surface area contributed by atoms with Crippen LogP contribution in [0.25, 0.3) is 0 Å². The number of nitrogens with zero attached hydrogens (tertiary/aromatic N) is 3. The predicted molar refractivity (Wildman–Crippen MR) is 121 cm³/mol. The Labute approximate surface area is 177 Å². The number of pyridine rings is 1. The van der Waals surface area contributed by atoms with Crippen LogP contribution in [0.5, 0.6) is 0 Å². The summed E-state index contributed by atoms with van der Waals surface area (Å²) in [6.45, 7) is 8.28. The van der Waals surface area contributed by atoms with E-state index in [1.165, 1.54) is 11.9 Å². The van der Waals surface area contributed by atoms with Gasteiger partial charge in [0.1, 0.15) is 11.9 Å². The fraction of sp³-hybridized carbons (Fsp3) is 0.208. The lowest BCUT2D eigenvalue weighted by Gasteiger charge is -2.22. The fourth-order valence-electron chi connectivity index (χ4n) is 3.20. The van der Waals surface area contributed by atoms with E-state index in [4.69, 9.17) is 5.26 Å². The second-order valence-corrected chi connectivity index (χ2v) is 6.84. The van der Waals surface area contributed by atoms with Crippen LogP contribution in [-0.2, 0) is 0 Å². The monoisotopic (exact) mass is 399 g/mol. The molecule has 30 heavy (non-hydrogen) atoms. The van der Waals surface area contributed by atoms with Gasteiger partial charge in [-0.3, -0.25) is 4.79 Å². The average Bonchev–Trinajstić information content (AvgIpc) is 2.77. The largest absolute Gasteiger partial charge is 0.372 e. The molecular weight excluding hydrogens is 374 g/mol. The second kappa shape index (κ2) is 9.57. The lowest BCUT2D eigenvalue weighted by atomic mass is 10.1. The molecule has 0 radical (unpaired) electrons. The molecule has 2 N–H and O–H groups in total. The Balaban J connectivity index is 1.70. The van der Waals surface area contributed by atoms with E-state index in [2.05, 4.69) is 59.5 Å². The van der Waals surface area contributed by atoms with Crippen molar-refractivity contribution < 1.29 is 4.79 Å². The summed E-state index contributed by atoms with van der Waals surface area (Å²) in [7, 11) is 0. The Bertz CT molecular complexity index is 1070. The summed E-state index contributed by atoms with van der Waals surface area (Å²) in [6, 6.07) is 18.7. The minimum Gasteiger partial charge on any atom is -0.372 e. The zero-order chi connectivity index (χ0) is 21.5. The number of benzene rings is 2. The van der Waals surface area contributed by atoms with Crippen LogP contribution in [0.4, 0.5) is 22.9 Å². The van der Waals surface area contributed by atoms with Crippen LogP contribution in [0.2, 0.25) is 0 Å². The van der Waals surface area contributed by atoms with Crippen molar-refractivity contribution in [1.82, 2.24) is 4.98 Å². The van der Waals surface area contributed by atoms with Crippen molar-refractivity contribution in [3.63, 3.8) is 0 Å². The number of aromatic nitrogens is 1. The van der Waals surface area contributed by atoms with Crippen molar-refractivity contribution in [2.24, 2.45) is 0 Å². The third-order valence-corrected chi connectivity index (χ3v) is 4.92. The molecule has 2 aromatic carbocycles. The van der Waals surface area contributed by atoms with Crippen LogP contribution >= 0.6 is 0 Å². The summed E-state index contributed by atoms with van der Waals surface area (Å²) in [6.07, 6.45) is 1.52. The van der Waals surface area contributed by atoms with Gasteiger partial charge in [0.2, 0.25) is 0 Å². The maximum absolute atomic E-state index is 12.5. The number of para-hydroxylation sites is 1. The van der Waals surface area contributed by atoms with Crippen LogP contribution in [0.1, 0.15) is 35.3 Å². The lowest BCUT2D eigenvalue weighted by molar-refractivity contribution is 0.102. The highest BCUT2D eigenvalue weighted by Gasteiger charge is 2.10. The van der Waals surface area contributed by atoms with Crippen molar-refractivity contribution in [2.75, 3.05) is 28.6 Å². The second-order valence-electron chi connectivity index (χ2n) is 6.84. The molecule has 6 nitrogen and oxygen atoms in total. The number of hydrogen-bond acceptors (Lipinski definition) is 5. The van der Waals surface area contributed by atoms with E-state index >= 15 is 0 Å². The number of anilines is 4. The standard InChI is InChI=1S/C24H25N5O/c1-4-29(5-2)20-11-12-21(17(3)14-20)27-23-13-10-19(16-26-23)24(30)28-22-9-7-6-8-18(22)15-25/h6-14,16H,4-5H2,1-3H3,(H,26,27)(H,28,30).